The molecule has 0 radical (unpaired) electrons. The average molecular weight is 841 g/mol. The first-order chi connectivity index (χ1) is 28.9. The second-order valence-electron chi connectivity index (χ2n) is 16.0. The summed E-state index contributed by atoms with van der Waals surface area (Å²) in [5.74, 6) is -0.678. The summed E-state index contributed by atoms with van der Waals surface area (Å²) >= 11 is 0. The molecular formula is C45H56N6O8S. The molecule has 5 amide bonds. The number of likely N-dealkylation sites (tertiary alicyclic amines) is 1. The Morgan fingerprint density at radius 3 is 2.25 bits per heavy atom. The van der Waals surface area contributed by atoms with Gasteiger partial charge in [0.1, 0.15) is 35.7 Å². The fourth-order valence-corrected chi connectivity index (χ4v) is 8.92. The van der Waals surface area contributed by atoms with Gasteiger partial charge < -0.3 is 30.3 Å². The summed E-state index contributed by atoms with van der Waals surface area (Å²) in [7, 11) is -2.66. The molecule has 4 atom stereocenters. The predicted molar refractivity (Wildman–Crippen MR) is 229 cm³/mol. The Morgan fingerprint density at radius 2 is 1.58 bits per heavy atom. The highest BCUT2D eigenvalue weighted by atomic mass is 32.2. The van der Waals surface area contributed by atoms with E-state index in [2.05, 4.69) is 20.7 Å². The van der Waals surface area contributed by atoms with Crippen LogP contribution in [0.4, 0.5) is 4.79 Å². The summed E-state index contributed by atoms with van der Waals surface area (Å²) in [6, 6.07) is 20.4. The maximum absolute atomic E-state index is 14.3. The number of methoxy groups -OCH3 is 1. The maximum Gasteiger partial charge on any atom is 0.318 e. The number of nitrogens with zero attached hydrogens (tertiary/aromatic N) is 2. The molecule has 2 heterocycles. The first-order valence-corrected chi connectivity index (χ1v) is 22.3. The van der Waals surface area contributed by atoms with Gasteiger partial charge in [0.15, 0.2) is 0 Å². The molecule has 1 aliphatic carbocycles. The Balaban J connectivity index is 1.27. The number of aromatic nitrogens is 1. The van der Waals surface area contributed by atoms with E-state index in [9.17, 15) is 27.6 Å². The van der Waals surface area contributed by atoms with Gasteiger partial charge in [0.05, 0.1) is 29.8 Å². The van der Waals surface area contributed by atoms with Crippen LogP contribution in [0.25, 0.3) is 22.2 Å². The highest BCUT2D eigenvalue weighted by Gasteiger charge is 2.43. The average Bonchev–Trinajstić information content (AvgIpc) is 3.69. The number of ether oxygens (including phenoxy) is 2. The Labute approximate surface area is 352 Å². The summed E-state index contributed by atoms with van der Waals surface area (Å²) in [6.07, 6.45) is 5.45. The van der Waals surface area contributed by atoms with Gasteiger partial charge in [-0.2, -0.15) is 0 Å². The van der Waals surface area contributed by atoms with Crippen LogP contribution >= 0.6 is 0 Å². The molecule has 4 aromatic rings. The van der Waals surface area contributed by atoms with Gasteiger partial charge in [-0.05, 0) is 55.4 Å². The van der Waals surface area contributed by atoms with Crippen molar-refractivity contribution in [3.8, 4) is 22.8 Å². The van der Waals surface area contributed by atoms with Crippen LogP contribution in [0, 0.1) is 11.8 Å². The third kappa shape index (κ3) is 10.9. The van der Waals surface area contributed by atoms with Gasteiger partial charge in [0.2, 0.25) is 11.8 Å². The fraction of sp³-hybridized carbons (Fsp3) is 0.444. The van der Waals surface area contributed by atoms with Gasteiger partial charge >= 0.3 is 6.03 Å². The minimum atomic E-state index is -4.23. The lowest BCUT2D eigenvalue weighted by Gasteiger charge is -2.29. The van der Waals surface area contributed by atoms with Crippen molar-refractivity contribution in [1.82, 2.24) is 30.6 Å². The third-order valence-electron chi connectivity index (χ3n) is 11.2. The van der Waals surface area contributed by atoms with Crippen LogP contribution in [-0.2, 0) is 24.4 Å². The number of sulfonamides is 1. The van der Waals surface area contributed by atoms with E-state index in [1.54, 1.807) is 38.3 Å². The van der Waals surface area contributed by atoms with Crippen molar-refractivity contribution in [2.45, 2.75) is 101 Å². The van der Waals surface area contributed by atoms with E-state index < -0.39 is 52.1 Å². The summed E-state index contributed by atoms with van der Waals surface area (Å²) < 4.78 is 40.4. The summed E-state index contributed by atoms with van der Waals surface area (Å²) in [5, 5.41) is 9.37. The lowest BCUT2D eigenvalue weighted by atomic mass is 9.89. The van der Waals surface area contributed by atoms with Crippen molar-refractivity contribution in [3.05, 3.63) is 84.9 Å². The van der Waals surface area contributed by atoms with Crippen molar-refractivity contribution in [2.24, 2.45) is 11.8 Å². The third-order valence-corrected chi connectivity index (χ3v) is 12.5. The van der Waals surface area contributed by atoms with Crippen LogP contribution in [0.3, 0.4) is 0 Å². The lowest BCUT2D eigenvalue weighted by molar-refractivity contribution is -0.130. The zero-order valence-electron chi connectivity index (χ0n) is 34.7. The Hall–Kier alpha value is -5.70. The van der Waals surface area contributed by atoms with Crippen LogP contribution in [0.1, 0.15) is 72.1 Å². The normalized spacial score (nSPS) is 18.1. The van der Waals surface area contributed by atoms with Crippen LogP contribution < -0.4 is 30.1 Å². The molecule has 1 unspecified atom stereocenters. The number of hydrogen-bond acceptors (Lipinski definition) is 9. The number of nitrogens with one attached hydrogen (secondary N) is 4. The van der Waals surface area contributed by atoms with Gasteiger partial charge in [-0.1, -0.05) is 95.0 Å². The zero-order valence-corrected chi connectivity index (χ0v) is 35.5. The van der Waals surface area contributed by atoms with E-state index in [-0.39, 0.29) is 36.1 Å². The number of amides is 5. The van der Waals surface area contributed by atoms with Gasteiger partial charge in [-0.15, -0.1) is 0 Å². The van der Waals surface area contributed by atoms with Gasteiger partial charge in [-0.25, -0.2) is 22.9 Å². The molecule has 1 aromatic heterocycles. The fourth-order valence-electron chi connectivity index (χ4n) is 7.88. The Morgan fingerprint density at radius 1 is 0.883 bits per heavy atom. The van der Waals surface area contributed by atoms with Crippen LogP contribution in [0.15, 0.2) is 89.8 Å². The minimum Gasteiger partial charge on any atom is -0.497 e. The smallest absolute Gasteiger partial charge is 0.318 e. The van der Waals surface area contributed by atoms with Crippen molar-refractivity contribution < 1.29 is 37.1 Å². The zero-order chi connectivity index (χ0) is 42.8. The summed E-state index contributed by atoms with van der Waals surface area (Å²) in [6.45, 7) is 5.99. The monoisotopic (exact) mass is 840 g/mol. The lowest BCUT2D eigenvalue weighted by Crippen LogP contribution is -2.58. The molecule has 15 heteroatoms. The van der Waals surface area contributed by atoms with Crippen LogP contribution in [0.5, 0.6) is 11.5 Å². The largest absolute Gasteiger partial charge is 0.497 e. The summed E-state index contributed by atoms with van der Waals surface area (Å²) in [4.78, 5) is 61.8. The number of fused-ring (bicyclic) bond motifs is 1. The van der Waals surface area contributed by atoms with Gasteiger partial charge in [0, 0.05) is 36.0 Å². The highest BCUT2D eigenvalue weighted by molar-refractivity contribution is 7.90. The minimum absolute atomic E-state index is 0.0306. The van der Waals surface area contributed by atoms with E-state index >= 15 is 0 Å². The molecule has 1 saturated heterocycles. The number of urea groups is 1. The number of benzene rings is 3. The highest BCUT2D eigenvalue weighted by Crippen LogP contribution is 2.35. The second kappa shape index (κ2) is 20.0. The molecule has 0 spiro atoms. The molecule has 60 heavy (non-hydrogen) atoms. The maximum atomic E-state index is 14.3. The molecule has 320 valence electrons. The first kappa shape index (κ1) is 43.9. The second-order valence-corrected chi connectivity index (χ2v) is 17.6. The molecule has 6 rings (SSSR count). The van der Waals surface area contributed by atoms with Crippen molar-refractivity contribution in [1.29, 1.82) is 0 Å². The number of hydrogen-bond donors (Lipinski definition) is 4. The molecular weight excluding hydrogens is 785 g/mol. The van der Waals surface area contributed by atoms with E-state index in [0.29, 0.717) is 47.0 Å². The Kier molecular flexibility index (Phi) is 14.6. The number of carbonyl (C=O) groups is 4. The first-order valence-electron chi connectivity index (χ1n) is 20.8. The number of rotatable bonds is 16. The van der Waals surface area contributed by atoms with Crippen LogP contribution in [-0.4, -0.2) is 86.5 Å². The molecule has 2 aliphatic rings. The molecule has 0 bridgehead atoms. The van der Waals surface area contributed by atoms with Crippen molar-refractivity contribution >= 4 is 44.7 Å². The van der Waals surface area contributed by atoms with Gasteiger partial charge in [0.25, 0.3) is 15.9 Å². The number of carbonyl (C=O) groups excluding carboxylic acids is 4. The number of pyridine rings is 1. The molecule has 14 nitrogen and oxygen atoms in total. The molecule has 1 saturated carbocycles. The molecule has 3 aromatic carbocycles. The molecule has 1 aliphatic heterocycles. The van der Waals surface area contributed by atoms with E-state index in [1.807, 2.05) is 62.4 Å². The summed E-state index contributed by atoms with van der Waals surface area (Å²) in [5.41, 5.74) is 2.12. The predicted octanol–water partition coefficient (Wildman–Crippen LogP) is 5.95. The van der Waals surface area contributed by atoms with E-state index in [0.717, 1.165) is 31.2 Å². The topological polar surface area (TPSA) is 185 Å². The van der Waals surface area contributed by atoms with Crippen LogP contribution in [0.2, 0.25) is 0 Å². The van der Waals surface area contributed by atoms with E-state index in [1.165, 1.54) is 23.5 Å². The molecule has 4 N–H and O–H groups in total. The Bertz CT molecular complexity index is 2230. The van der Waals surface area contributed by atoms with Gasteiger partial charge in [-0.3, -0.25) is 14.4 Å². The van der Waals surface area contributed by atoms with E-state index in [4.69, 9.17) is 14.5 Å². The standard InChI is InChI=1S/C45H56N6O8S/c1-5-15-36(42(52)50-60(56,57)34-20-13-8-14-21-34)48-43(53)39-25-33(28-51(39)45(55)49-41(29(2)3)44(54)46-27-30-16-9-6-10-17-30)59-40-26-37(31-18-11-7-12-19-31)47-38-24-32(58-4)22-23-35(38)40/h7-8,11-14,18-24,26,29-30,33,36,39,41H,5-6,9-10,15-17,25,27-28H2,1-4H3,(H,46,54)(H,48,53)(H,49,55)(H,50,52)/t33?,36-,39-,41-/m0/s1. The van der Waals surface area contributed by atoms with Crippen molar-refractivity contribution in [3.63, 3.8) is 0 Å². The quantitative estimate of drug-likeness (QED) is 0.106. The molecule has 2 fully saturated rings. The van der Waals surface area contributed by atoms with Crippen molar-refractivity contribution in [2.75, 3.05) is 20.2 Å². The SMILES string of the molecule is CCC[C@H](NC(=O)[C@@H]1CC(Oc2cc(-c3ccccc3)nc3cc(OC)ccc23)CN1C(=O)N[C@H](C(=O)NCC1CCCCC1)C(C)C)C(=O)NS(=O)(=O)c1ccccc1.